The maximum absolute atomic E-state index is 12.8. The number of carbonyl (C=O) groups excluding carboxylic acids is 1. The standard InChI is InChI=1S/C16H13N5OS2/c1-9-7-10(2)18-15-11(9)12(21-5-3-4-6-21)13(24-15)14(22)19-16-20-17-8-23-16/h3-8H,1-2H3,(H,19,20,22). The quantitative estimate of drug-likeness (QED) is 0.606. The third kappa shape index (κ3) is 2.49. The number of pyridine rings is 1. The Labute approximate surface area is 145 Å². The van der Waals surface area contributed by atoms with Gasteiger partial charge in [0.05, 0.1) is 5.69 Å². The summed E-state index contributed by atoms with van der Waals surface area (Å²) in [7, 11) is 0. The normalized spacial score (nSPS) is 11.1. The summed E-state index contributed by atoms with van der Waals surface area (Å²) in [5.74, 6) is -0.199. The number of nitrogens with one attached hydrogen (secondary N) is 1. The highest BCUT2D eigenvalue weighted by molar-refractivity contribution is 7.21. The predicted octanol–water partition coefficient (Wildman–Crippen LogP) is 3.81. The van der Waals surface area contributed by atoms with E-state index in [1.54, 1.807) is 5.51 Å². The van der Waals surface area contributed by atoms with Gasteiger partial charge >= 0.3 is 0 Å². The van der Waals surface area contributed by atoms with Crippen LogP contribution in [0, 0.1) is 13.8 Å². The Hall–Kier alpha value is -2.58. The SMILES string of the molecule is Cc1cc(C)c2c(-n3cccc3)c(C(=O)Nc3nncs3)sc2n1. The molecule has 4 rings (SSSR count). The summed E-state index contributed by atoms with van der Waals surface area (Å²) < 4.78 is 1.96. The molecule has 6 nitrogen and oxygen atoms in total. The van der Waals surface area contributed by atoms with Crippen molar-refractivity contribution in [2.24, 2.45) is 0 Å². The Morgan fingerprint density at radius 3 is 2.75 bits per heavy atom. The molecule has 0 radical (unpaired) electrons. The molecule has 8 heteroatoms. The van der Waals surface area contributed by atoms with Gasteiger partial charge in [0.1, 0.15) is 15.2 Å². The fourth-order valence-corrected chi connectivity index (χ4v) is 4.32. The summed E-state index contributed by atoms with van der Waals surface area (Å²) in [6.45, 7) is 4.01. The first-order valence-electron chi connectivity index (χ1n) is 7.25. The minimum absolute atomic E-state index is 0.199. The van der Waals surface area contributed by atoms with E-state index in [9.17, 15) is 4.79 Å². The van der Waals surface area contributed by atoms with Gasteiger partial charge in [0.2, 0.25) is 5.13 Å². The van der Waals surface area contributed by atoms with Crippen LogP contribution in [0.3, 0.4) is 0 Å². The largest absolute Gasteiger partial charge is 0.322 e. The maximum atomic E-state index is 12.8. The van der Waals surface area contributed by atoms with Crippen molar-refractivity contribution in [3.8, 4) is 5.69 Å². The van der Waals surface area contributed by atoms with Gasteiger partial charge in [0.15, 0.2) is 0 Å². The van der Waals surface area contributed by atoms with Crippen LogP contribution in [0.4, 0.5) is 5.13 Å². The van der Waals surface area contributed by atoms with Crippen LogP contribution in [0.15, 0.2) is 36.1 Å². The highest BCUT2D eigenvalue weighted by Crippen LogP contribution is 2.36. The molecule has 0 spiro atoms. The molecule has 1 amide bonds. The van der Waals surface area contributed by atoms with Gasteiger partial charge in [-0.25, -0.2) is 4.98 Å². The molecule has 0 atom stereocenters. The molecular formula is C16H13N5OS2. The van der Waals surface area contributed by atoms with Crippen molar-refractivity contribution in [2.75, 3.05) is 5.32 Å². The summed E-state index contributed by atoms with van der Waals surface area (Å²) in [6, 6.07) is 5.91. The molecule has 0 saturated heterocycles. The minimum Gasteiger partial charge on any atom is -0.322 e. The lowest BCUT2D eigenvalue weighted by molar-refractivity contribution is 0.103. The number of fused-ring (bicyclic) bond motifs is 1. The molecule has 120 valence electrons. The monoisotopic (exact) mass is 355 g/mol. The number of rotatable bonds is 3. The second kappa shape index (κ2) is 5.81. The Morgan fingerprint density at radius 2 is 2.04 bits per heavy atom. The molecule has 4 aromatic rings. The highest BCUT2D eigenvalue weighted by Gasteiger charge is 2.22. The van der Waals surface area contributed by atoms with E-state index >= 15 is 0 Å². The minimum atomic E-state index is -0.199. The van der Waals surface area contributed by atoms with E-state index in [0.29, 0.717) is 10.0 Å². The number of aromatic nitrogens is 4. The highest BCUT2D eigenvalue weighted by atomic mass is 32.1. The van der Waals surface area contributed by atoms with Crippen molar-refractivity contribution in [3.05, 3.63) is 52.2 Å². The molecule has 0 unspecified atom stereocenters. The van der Waals surface area contributed by atoms with Crippen LogP contribution >= 0.6 is 22.7 Å². The topological polar surface area (TPSA) is 72.7 Å². The molecule has 0 bridgehead atoms. The third-order valence-electron chi connectivity index (χ3n) is 3.61. The van der Waals surface area contributed by atoms with Gasteiger partial charge in [0, 0.05) is 23.5 Å². The number of nitrogens with zero attached hydrogens (tertiary/aromatic N) is 4. The lowest BCUT2D eigenvalue weighted by Gasteiger charge is -2.07. The fraction of sp³-hybridized carbons (Fsp3) is 0.125. The summed E-state index contributed by atoms with van der Waals surface area (Å²) in [6.07, 6.45) is 3.87. The molecule has 0 saturated carbocycles. The second-order valence-electron chi connectivity index (χ2n) is 5.33. The van der Waals surface area contributed by atoms with Gasteiger partial charge in [-0.1, -0.05) is 11.3 Å². The van der Waals surface area contributed by atoms with Crippen LogP contribution in [0.5, 0.6) is 0 Å². The fourth-order valence-electron chi connectivity index (χ4n) is 2.69. The summed E-state index contributed by atoms with van der Waals surface area (Å²) in [4.78, 5) is 18.9. The van der Waals surface area contributed by atoms with E-state index in [-0.39, 0.29) is 5.91 Å². The van der Waals surface area contributed by atoms with Crippen molar-refractivity contribution in [2.45, 2.75) is 13.8 Å². The summed E-state index contributed by atoms with van der Waals surface area (Å²) >= 11 is 2.68. The second-order valence-corrected chi connectivity index (χ2v) is 7.16. The predicted molar refractivity (Wildman–Crippen MR) is 96.3 cm³/mol. The molecule has 0 fully saturated rings. The van der Waals surface area contributed by atoms with E-state index in [0.717, 1.165) is 27.2 Å². The average molecular weight is 355 g/mol. The van der Waals surface area contributed by atoms with Gasteiger partial charge < -0.3 is 4.57 Å². The number of amides is 1. The van der Waals surface area contributed by atoms with Gasteiger partial charge in [-0.15, -0.1) is 21.5 Å². The van der Waals surface area contributed by atoms with E-state index < -0.39 is 0 Å². The first kappa shape index (κ1) is 15.0. The van der Waals surface area contributed by atoms with Gasteiger partial charge in [-0.3, -0.25) is 10.1 Å². The number of thiophene rings is 1. The maximum Gasteiger partial charge on any atom is 0.269 e. The van der Waals surface area contributed by atoms with Crippen LogP contribution in [0.2, 0.25) is 0 Å². The van der Waals surface area contributed by atoms with Crippen LogP contribution in [-0.2, 0) is 0 Å². The average Bonchev–Trinajstić information content (AvgIpc) is 3.26. The van der Waals surface area contributed by atoms with Crippen molar-refractivity contribution in [1.82, 2.24) is 19.7 Å². The smallest absolute Gasteiger partial charge is 0.269 e. The Bertz CT molecular complexity index is 1020. The van der Waals surface area contributed by atoms with Crippen LogP contribution in [0.1, 0.15) is 20.9 Å². The van der Waals surface area contributed by atoms with Crippen molar-refractivity contribution in [1.29, 1.82) is 0 Å². The number of carbonyl (C=O) groups is 1. The summed E-state index contributed by atoms with van der Waals surface area (Å²) in [5.41, 5.74) is 4.48. The molecule has 0 aliphatic heterocycles. The van der Waals surface area contributed by atoms with Gasteiger partial charge in [-0.05, 0) is 37.6 Å². The number of anilines is 1. The van der Waals surface area contributed by atoms with Crippen molar-refractivity contribution >= 4 is 43.9 Å². The number of hydrogen-bond donors (Lipinski definition) is 1. The van der Waals surface area contributed by atoms with Gasteiger partial charge in [0.25, 0.3) is 5.91 Å². The number of hydrogen-bond acceptors (Lipinski definition) is 6. The first-order chi connectivity index (χ1) is 11.6. The van der Waals surface area contributed by atoms with E-state index in [1.165, 1.54) is 22.7 Å². The molecule has 0 aliphatic carbocycles. The molecule has 24 heavy (non-hydrogen) atoms. The lowest BCUT2D eigenvalue weighted by atomic mass is 10.1. The van der Waals surface area contributed by atoms with Crippen LogP contribution < -0.4 is 5.32 Å². The Kier molecular flexibility index (Phi) is 3.62. The molecule has 0 aliphatic rings. The van der Waals surface area contributed by atoms with E-state index in [2.05, 4.69) is 20.5 Å². The molecular weight excluding hydrogens is 342 g/mol. The summed E-state index contributed by atoms with van der Waals surface area (Å²) in [5, 5.41) is 11.9. The van der Waals surface area contributed by atoms with Crippen molar-refractivity contribution in [3.63, 3.8) is 0 Å². The Morgan fingerprint density at radius 1 is 1.25 bits per heavy atom. The van der Waals surface area contributed by atoms with Crippen LogP contribution in [0.25, 0.3) is 15.9 Å². The van der Waals surface area contributed by atoms with Crippen LogP contribution in [-0.4, -0.2) is 25.7 Å². The molecule has 4 heterocycles. The zero-order chi connectivity index (χ0) is 16.7. The first-order valence-corrected chi connectivity index (χ1v) is 8.94. The zero-order valence-electron chi connectivity index (χ0n) is 13.0. The molecule has 0 aromatic carbocycles. The third-order valence-corrected chi connectivity index (χ3v) is 5.29. The zero-order valence-corrected chi connectivity index (χ0v) is 14.6. The lowest BCUT2D eigenvalue weighted by Crippen LogP contribution is -2.12. The van der Waals surface area contributed by atoms with Crippen molar-refractivity contribution < 1.29 is 4.79 Å². The van der Waals surface area contributed by atoms with E-state index in [4.69, 9.17) is 0 Å². The molecule has 4 aromatic heterocycles. The van der Waals surface area contributed by atoms with Gasteiger partial charge in [-0.2, -0.15) is 0 Å². The van der Waals surface area contributed by atoms with E-state index in [1.807, 2.05) is 49.0 Å². The molecule has 1 N–H and O–H groups in total. The number of aryl methyl sites for hydroxylation is 2. The Balaban J connectivity index is 1.92.